The van der Waals surface area contributed by atoms with Crippen molar-refractivity contribution in [2.75, 3.05) is 26.8 Å². The number of carbonyl (C=O) groups excluding carboxylic acids is 3. The molecule has 55 heavy (non-hydrogen) atoms. The Labute approximate surface area is 319 Å². The number of alkyl carbamates (subject to hydrolysis) is 1. The number of methoxy groups -OCH3 is 1. The molecule has 2 aromatic carbocycles. The Kier molecular flexibility index (Phi) is 9.95. The van der Waals surface area contributed by atoms with Gasteiger partial charge in [0.2, 0.25) is 5.91 Å². The maximum Gasteiger partial charge on any atom is 0.407 e. The Morgan fingerprint density at radius 1 is 0.836 bits per heavy atom. The van der Waals surface area contributed by atoms with E-state index in [9.17, 15) is 14.4 Å². The van der Waals surface area contributed by atoms with Crippen LogP contribution in [0.2, 0.25) is 0 Å². The molecule has 3 N–H and O–H groups in total. The number of hydrogen-bond acceptors (Lipinski definition) is 8. The zero-order valence-electron chi connectivity index (χ0n) is 31.3. The highest BCUT2D eigenvalue weighted by Gasteiger charge is 2.50. The highest BCUT2D eigenvalue weighted by molar-refractivity contribution is 5.94. The van der Waals surface area contributed by atoms with Crippen LogP contribution in [0.4, 0.5) is 4.79 Å². The molecule has 0 saturated carbocycles. The minimum Gasteiger partial charge on any atom is -0.453 e. The second-order valence-electron chi connectivity index (χ2n) is 15.1. The first-order valence-electron chi connectivity index (χ1n) is 19.0. The SMILES string of the molecule is COC(=O)N[C@H](C(=O)N1CCC[C@H]1c1ncc(-c2ccc(-c3ccc(-c4cnc([C@@H]5C[C@@]6(CCCO6)CN5C(=O)c5ccncc5)[nH]4)cc3)cc2)[nH]1)C(C)C. The number of benzene rings is 2. The molecule has 6 heterocycles. The molecule has 284 valence electrons. The number of ether oxygens (including phenoxy) is 2. The Hall–Kier alpha value is -5.82. The predicted molar refractivity (Wildman–Crippen MR) is 205 cm³/mol. The van der Waals surface area contributed by atoms with E-state index in [-0.39, 0.29) is 35.4 Å². The Bertz CT molecular complexity index is 2140. The standard InChI is InChI=1S/C42H46N8O5/c1-26(2)36(48-41(53)54-3)40(52)49-20-4-6-34(49)37-44-23-32(46-37)29-11-7-27(8-12-29)28-9-13-30(14-10-28)33-24-45-38(47-33)35-22-42(17-5-21-55-42)25-50(35)39(51)31-15-18-43-19-16-31/h7-16,18-19,23-24,26,34-36H,4-6,17,20-22,25H2,1-3H3,(H,44,46)(H,45,47)(H,48,53)/t34-,35-,36-,42-/m0/s1. The van der Waals surface area contributed by atoms with Crippen molar-refractivity contribution in [1.82, 2.24) is 40.0 Å². The van der Waals surface area contributed by atoms with Gasteiger partial charge in [-0.05, 0) is 66.0 Å². The van der Waals surface area contributed by atoms with Crippen LogP contribution in [0.3, 0.4) is 0 Å². The third-order valence-electron chi connectivity index (χ3n) is 11.2. The van der Waals surface area contributed by atoms with E-state index in [4.69, 9.17) is 14.5 Å². The van der Waals surface area contributed by atoms with Crippen LogP contribution in [0.1, 0.15) is 80.0 Å². The highest BCUT2D eigenvalue weighted by atomic mass is 16.5. The van der Waals surface area contributed by atoms with Gasteiger partial charge in [-0.2, -0.15) is 0 Å². The van der Waals surface area contributed by atoms with E-state index >= 15 is 0 Å². The normalized spacial score (nSPS) is 21.4. The first-order chi connectivity index (χ1) is 26.7. The quantitative estimate of drug-likeness (QED) is 0.150. The number of aromatic amines is 2. The van der Waals surface area contributed by atoms with Gasteiger partial charge >= 0.3 is 6.09 Å². The predicted octanol–water partition coefficient (Wildman–Crippen LogP) is 6.71. The number of nitrogens with zero attached hydrogens (tertiary/aromatic N) is 5. The Balaban J connectivity index is 0.944. The lowest BCUT2D eigenvalue weighted by atomic mass is 9.96. The first-order valence-corrected chi connectivity index (χ1v) is 19.0. The molecule has 3 aliphatic rings. The average Bonchev–Trinajstić information content (AvgIpc) is 4.07. The summed E-state index contributed by atoms with van der Waals surface area (Å²) in [7, 11) is 1.29. The third kappa shape index (κ3) is 7.23. The number of rotatable bonds is 9. The summed E-state index contributed by atoms with van der Waals surface area (Å²) in [6.45, 7) is 5.67. The molecule has 4 atom stereocenters. The molecular formula is C42H46N8O5. The number of likely N-dealkylation sites (tertiary alicyclic amines) is 2. The Morgan fingerprint density at radius 3 is 2.00 bits per heavy atom. The number of carbonyl (C=O) groups is 3. The van der Waals surface area contributed by atoms with Crippen LogP contribution in [0.5, 0.6) is 0 Å². The van der Waals surface area contributed by atoms with Crippen molar-refractivity contribution in [2.24, 2.45) is 5.92 Å². The van der Waals surface area contributed by atoms with E-state index in [1.54, 1.807) is 24.5 Å². The molecule has 3 aliphatic heterocycles. The molecule has 0 unspecified atom stereocenters. The van der Waals surface area contributed by atoms with Gasteiger partial charge in [0.25, 0.3) is 5.91 Å². The smallest absolute Gasteiger partial charge is 0.407 e. The van der Waals surface area contributed by atoms with Crippen molar-refractivity contribution < 1.29 is 23.9 Å². The largest absolute Gasteiger partial charge is 0.453 e. The number of amides is 3. The van der Waals surface area contributed by atoms with Gasteiger partial charge in [0.05, 0.1) is 55.1 Å². The van der Waals surface area contributed by atoms with Gasteiger partial charge in [-0.3, -0.25) is 14.6 Å². The molecule has 8 rings (SSSR count). The van der Waals surface area contributed by atoms with Crippen LogP contribution in [-0.4, -0.2) is 91.1 Å². The summed E-state index contributed by atoms with van der Waals surface area (Å²) >= 11 is 0. The molecule has 1 spiro atoms. The van der Waals surface area contributed by atoms with E-state index in [1.165, 1.54) is 7.11 Å². The Morgan fingerprint density at radius 2 is 1.44 bits per heavy atom. The van der Waals surface area contributed by atoms with Crippen molar-refractivity contribution in [3.05, 3.63) is 103 Å². The molecular weight excluding hydrogens is 697 g/mol. The molecule has 13 heteroatoms. The van der Waals surface area contributed by atoms with Crippen molar-refractivity contribution in [1.29, 1.82) is 0 Å². The molecule has 5 aromatic rings. The van der Waals surface area contributed by atoms with E-state index in [1.807, 2.05) is 36.0 Å². The van der Waals surface area contributed by atoms with Gasteiger partial charge in [-0.1, -0.05) is 62.4 Å². The van der Waals surface area contributed by atoms with Crippen molar-refractivity contribution in [3.63, 3.8) is 0 Å². The van der Waals surface area contributed by atoms with Crippen LogP contribution in [0.15, 0.2) is 85.5 Å². The monoisotopic (exact) mass is 742 g/mol. The highest BCUT2D eigenvalue weighted by Crippen LogP contribution is 2.45. The summed E-state index contributed by atoms with van der Waals surface area (Å²) in [5, 5.41) is 2.70. The molecule has 3 saturated heterocycles. The summed E-state index contributed by atoms with van der Waals surface area (Å²) in [6, 6.07) is 19.1. The molecule has 3 fully saturated rings. The zero-order valence-corrected chi connectivity index (χ0v) is 31.3. The number of pyridine rings is 1. The topological polar surface area (TPSA) is 158 Å². The zero-order chi connectivity index (χ0) is 38.1. The van der Waals surface area contributed by atoms with E-state index in [0.717, 1.165) is 71.0 Å². The van der Waals surface area contributed by atoms with Crippen LogP contribution >= 0.6 is 0 Å². The number of nitrogens with one attached hydrogen (secondary N) is 3. The van der Waals surface area contributed by atoms with Gasteiger partial charge in [-0.15, -0.1) is 0 Å². The van der Waals surface area contributed by atoms with Gasteiger partial charge < -0.3 is 34.6 Å². The summed E-state index contributed by atoms with van der Waals surface area (Å²) in [6.07, 6.45) is 10.6. The number of aromatic nitrogens is 5. The lowest BCUT2D eigenvalue weighted by Gasteiger charge is -2.30. The number of H-pyrrole nitrogens is 2. The molecule has 0 aliphatic carbocycles. The van der Waals surface area contributed by atoms with Crippen molar-refractivity contribution in [2.45, 2.75) is 69.7 Å². The lowest BCUT2D eigenvalue weighted by molar-refractivity contribution is -0.135. The number of imidazole rings is 2. The molecule has 0 bridgehead atoms. The first kappa shape index (κ1) is 36.2. The molecule has 3 aromatic heterocycles. The summed E-state index contributed by atoms with van der Waals surface area (Å²) in [4.78, 5) is 63.4. The van der Waals surface area contributed by atoms with Crippen LogP contribution in [0.25, 0.3) is 33.6 Å². The summed E-state index contributed by atoms with van der Waals surface area (Å²) < 4.78 is 11.0. The van der Waals surface area contributed by atoms with Gasteiger partial charge in [0.15, 0.2) is 0 Å². The second-order valence-corrected chi connectivity index (χ2v) is 15.1. The van der Waals surface area contributed by atoms with Crippen molar-refractivity contribution >= 4 is 17.9 Å². The fraction of sp³-hybridized carbons (Fsp3) is 0.381. The van der Waals surface area contributed by atoms with Crippen LogP contribution < -0.4 is 5.32 Å². The third-order valence-corrected chi connectivity index (χ3v) is 11.2. The van der Waals surface area contributed by atoms with Gasteiger partial charge in [0, 0.05) is 37.5 Å². The maximum absolute atomic E-state index is 13.7. The summed E-state index contributed by atoms with van der Waals surface area (Å²) in [5.74, 6) is 1.22. The minimum absolute atomic E-state index is 0.0420. The summed E-state index contributed by atoms with van der Waals surface area (Å²) in [5.41, 5.74) is 6.16. The van der Waals surface area contributed by atoms with Crippen LogP contribution in [-0.2, 0) is 14.3 Å². The fourth-order valence-corrected chi connectivity index (χ4v) is 8.29. The van der Waals surface area contributed by atoms with Gasteiger partial charge in [-0.25, -0.2) is 14.8 Å². The van der Waals surface area contributed by atoms with Crippen LogP contribution in [0, 0.1) is 5.92 Å². The van der Waals surface area contributed by atoms with Crippen molar-refractivity contribution in [3.8, 4) is 33.6 Å². The second kappa shape index (κ2) is 15.1. The van der Waals surface area contributed by atoms with E-state index < -0.39 is 12.1 Å². The average molecular weight is 743 g/mol. The minimum atomic E-state index is -0.681. The van der Waals surface area contributed by atoms with Gasteiger partial charge in [0.1, 0.15) is 17.7 Å². The molecule has 3 amide bonds. The molecule has 13 nitrogen and oxygen atoms in total. The van der Waals surface area contributed by atoms with E-state index in [0.29, 0.717) is 31.7 Å². The molecule has 0 radical (unpaired) electrons. The maximum atomic E-state index is 13.7. The van der Waals surface area contributed by atoms with E-state index in [2.05, 4.69) is 73.8 Å². The fourth-order valence-electron chi connectivity index (χ4n) is 8.29. The lowest BCUT2D eigenvalue weighted by Crippen LogP contribution is -2.51. The number of hydrogen-bond donors (Lipinski definition) is 3.